The van der Waals surface area contributed by atoms with E-state index in [1.165, 1.54) is 0 Å². The van der Waals surface area contributed by atoms with E-state index >= 15 is 0 Å². The fourth-order valence-electron chi connectivity index (χ4n) is 5.15. The number of nitriles is 1. The standard InChI is InChI=1S/C29H26N4O3/c1-32-18-24(21-10-5-6-13-25(21)32)27-26(28(34)31-20-9-7-8-19(16-20)17-30)22-11-3-4-12-23(22)29(35)33(27)14-15-36-2/h3-13,16,18,26-27H,14-15H2,1-2H3,(H,31,34). The van der Waals surface area contributed by atoms with E-state index in [1.54, 1.807) is 42.3 Å². The second-order valence-electron chi connectivity index (χ2n) is 8.90. The highest BCUT2D eigenvalue weighted by Crippen LogP contribution is 2.45. The molecule has 1 aliphatic heterocycles. The summed E-state index contributed by atoms with van der Waals surface area (Å²) >= 11 is 0. The van der Waals surface area contributed by atoms with E-state index in [1.807, 2.05) is 60.3 Å². The Labute approximate surface area is 209 Å². The molecule has 0 saturated carbocycles. The van der Waals surface area contributed by atoms with Crippen molar-refractivity contribution in [1.82, 2.24) is 9.47 Å². The summed E-state index contributed by atoms with van der Waals surface area (Å²) in [7, 11) is 3.56. The minimum absolute atomic E-state index is 0.129. The van der Waals surface area contributed by atoms with E-state index in [-0.39, 0.29) is 11.8 Å². The third-order valence-corrected chi connectivity index (χ3v) is 6.76. The topological polar surface area (TPSA) is 87.4 Å². The number of aryl methyl sites for hydroxylation is 1. The van der Waals surface area contributed by atoms with Gasteiger partial charge in [-0.1, -0.05) is 42.5 Å². The molecule has 36 heavy (non-hydrogen) atoms. The van der Waals surface area contributed by atoms with Crippen LogP contribution in [-0.2, 0) is 16.6 Å². The molecule has 0 fully saturated rings. The van der Waals surface area contributed by atoms with Crippen molar-refractivity contribution < 1.29 is 14.3 Å². The molecule has 5 rings (SSSR count). The molecule has 0 bridgehead atoms. The van der Waals surface area contributed by atoms with Crippen LogP contribution in [0.15, 0.2) is 79.0 Å². The minimum atomic E-state index is -0.674. The molecule has 7 nitrogen and oxygen atoms in total. The van der Waals surface area contributed by atoms with E-state index < -0.39 is 12.0 Å². The zero-order valence-electron chi connectivity index (χ0n) is 20.1. The highest BCUT2D eigenvalue weighted by molar-refractivity contribution is 6.05. The second kappa shape index (κ2) is 9.68. The number of para-hydroxylation sites is 1. The van der Waals surface area contributed by atoms with E-state index in [4.69, 9.17) is 4.74 Å². The van der Waals surface area contributed by atoms with Crippen LogP contribution in [0, 0.1) is 11.3 Å². The average molecular weight is 479 g/mol. The number of rotatable bonds is 6. The molecule has 0 aliphatic carbocycles. The number of carbonyl (C=O) groups excluding carboxylic acids is 2. The van der Waals surface area contributed by atoms with Gasteiger partial charge in [-0.05, 0) is 35.9 Å². The molecule has 180 valence electrons. The highest BCUT2D eigenvalue weighted by atomic mass is 16.5. The largest absolute Gasteiger partial charge is 0.383 e. The second-order valence-corrected chi connectivity index (χ2v) is 8.90. The van der Waals surface area contributed by atoms with Crippen molar-refractivity contribution in [2.75, 3.05) is 25.6 Å². The normalized spacial score (nSPS) is 17.0. The number of nitrogens with zero attached hydrogens (tertiary/aromatic N) is 3. The molecule has 2 atom stereocenters. The van der Waals surface area contributed by atoms with Gasteiger partial charge in [0.25, 0.3) is 5.91 Å². The molecule has 2 amide bonds. The van der Waals surface area contributed by atoms with Crippen LogP contribution in [0.3, 0.4) is 0 Å². The van der Waals surface area contributed by atoms with Crippen LogP contribution < -0.4 is 5.32 Å². The maximum atomic E-state index is 14.0. The number of nitrogens with one attached hydrogen (secondary N) is 1. The predicted molar refractivity (Wildman–Crippen MR) is 138 cm³/mol. The summed E-state index contributed by atoms with van der Waals surface area (Å²) in [6, 6.07) is 23.7. The minimum Gasteiger partial charge on any atom is -0.383 e. The van der Waals surface area contributed by atoms with Crippen molar-refractivity contribution in [3.05, 3.63) is 101 Å². The molecule has 1 aliphatic rings. The molecule has 1 N–H and O–H groups in total. The summed E-state index contributed by atoms with van der Waals surface area (Å²) in [6.07, 6.45) is 2.01. The summed E-state index contributed by atoms with van der Waals surface area (Å²) in [5.41, 5.74) is 4.11. The highest BCUT2D eigenvalue weighted by Gasteiger charge is 2.45. The molecule has 3 aromatic carbocycles. The lowest BCUT2D eigenvalue weighted by Gasteiger charge is -2.41. The van der Waals surface area contributed by atoms with Gasteiger partial charge >= 0.3 is 0 Å². The lowest BCUT2D eigenvalue weighted by Crippen LogP contribution is -2.47. The van der Waals surface area contributed by atoms with Crippen LogP contribution in [0.4, 0.5) is 5.69 Å². The Morgan fingerprint density at radius 3 is 2.64 bits per heavy atom. The Bertz CT molecular complexity index is 1500. The summed E-state index contributed by atoms with van der Waals surface area (Å²) in [5, 5.41) is 13.3. The SMILES string of the molecule is COCCN1C(=O)c2ccccc2C(C(=O)Nc2cccc(C#N)c2)C1c1cn(C)c2ccccc12. The Kier molecular flexibility index (Phi) is 6.28. The van der Waals surface area contributed by atoms with Crippen LogP contribution in [0.2, 0.25) is 0 Å². The van der Waals surface area contributed by atoms with Crippen molar-refractivity contribution >= 4 is 28.4 Å². The summed E-state index contributed by atoms with van der Waals surface area (Å²) in [4.78, 5) is 29.5. The first-order chi connectivity index (χ1) is 17.5. The van der Waals surface area contributed by atoms with Crippen molar-refractivity contribution in [2.24, 2.45) is 7.05 Å². The summed E-state index contributed by atoms with van der Waals surface area (Å²) in [6.45, 7) is 0.680. The number of anilines is 1. The lowest BCUT2D eigenvalue weighted by atomic mass is 9.79. The summed E-state index contributed by atoms with van der Waals surface area (Å²) in [5.74, 6) is -1.05. The molecule has 1 aromatic heterocycles. The number of amides is 2. The number of fused-ring (bicyclic) bond motifs is 2. The number of hydrogen-bond donors (Lipinski definition) is 1. The molecule has 2 heterocycles. The number of hydrogen-bond acceptors (Lipinski definition) is 4. The molecule has 4 aromatic rings. The maximum Gasteiger partial charge on any atom is 0.254 e. The Morgan fingerprint density at radius 2 is 1.83 bits per heavy atom. The lowest BCUT2D eigenvalue weighted by molar-refractivity contribution is -0.119. The molecule has 7 heteroatoms. The molecule has 0 radical (unpaired) electrons. The Morgan fingerprint density at radius 1 is 1.06 bits per heavy atom. The van der Waals surface area contributed by atoms with Crippen LogP contribution in [0.1, 0.15) is 39.0 Å². The third-order valence-electron chi connectivity index (χ3n) is 6.76. The Hall–Kier alpha value is -4.41. The van der Waals surface area contributed by atoms with Gasteiger partial charge < -0.3 is 19.5 Å². The molecule has 0 saturated heterocycles. The van der Waals surface area contributed by atoms with E-state index in [0.717, 1.165) is 16.5 Å². The average Bonchev–Trinajstić information content (AvgIpc) is 3.24. The first kappa shape index (κ1) is 23.3. The fourth-order valence-corrected chi connectivity index (χ4v) is 5.15. The number of aromatic nitrogens is 1. The summed E-state index contributed by atoms with van der Waals surface area (Å²) < 4.78 is 7.37. The van der Waals surface area contributed by atoms with Crippen LogP contribution in [0.25, 0.3) is 10.9 Å². The van der Waals surface area contributed by atoms with Gasteiger partial charge in [0.1, 0.15) is 0 Å². The number of ether oxygens (including phenoxy) is 1. The van der Waals surface area contributed by atoms with Gasteiger partial charge in [-0.3, -0.25) is 9.59 Å². The van der Waals surface area contributed by atoms with E-state index in [0.29, 0.717) is 35.5 Å². The van der Waals surface area contributed by atoms with Crippen molar-refractivity contribution in [3.8, 4) is 6.07 Å². The van der Waals surface area contributed by atoms with Crippen molar-refractivity contribution in [1.29, 1.82) is 5.26 Å². The van der Waals surface area contributed by atoms with Gasteiger partial charge in [0.15, 0.2) is 0 Å². The van der Waals surface area contributed by atoms with Gasteiger partial charge in [0.2, 0.25) is 5.91 Å². The third kappa shape index (κ3) is 4.02. The van der Waals surface area contributed by atoms with Gasteiger partial charge in [-0.25, -0.2) is 0 Å². The van der Waals surface area contributed by atoms with Gasteiger partial charge in [0.05, 0.1) is 30.2 Å². The van der Waals surface area contributed by atoms with Crippen LogP contribution in [0.5, 0.6) is 0 Å². The molecule has 2 unspecified atom stereocenters. The molecular weight excluding hydrogens is 452 g/mol. The zero-order chi connectivity index (χ0) is 25.2. The number of benzene rings is 3. The maximum absolute atomic E-state index is 14.0. The van der Waals surface area contributed by atoms with E-state index in [9.17, 15) is 14.9 Å². The van der Waals surface area contributed by atoms with Gasteiger partial charge in [-0.15, -0.1) is 0 Å². The van der Waals surface area contributed by atoms with E-state index in [2.05, 4.69) is 11.4 Å². The monoisotopic (exact) mass is 478 g/mol. The van der Waals surface area contributed by atoms with Crippen LogP contribution >= 0.6 is 0 Å². The van der Waals surface area contributed by atoms with Crippen LogP contribution in [-0.4, -0.2) is 41.5 Å². The first-order valence-corrected chi connectivity index (χ1v) is 11.8. The predicted octanol–water partition coefficient (Wildman–Crippen LogP) is 4.62. The smallest absolute Gasteiger partial charge is 0.254 e. The number of carbonyl (C=O) groups is 2. The Balaban J connectivity index is 1.69. The first-order valence-electron chi connectivity index (χ1n) is 11.8. The van der Waals surface area contributed by atoms with Crippen molar-refractivity contribution in [2.45, 2.75) is 12.0 Å². The molecular formula is C29H26N4O3. The molecule has 0 spiro atoms. The zero-order valence-corrected chi connectivity index (χ0v) is 20.1. The fraction of sp³-hybridized carbons (Fsp3) is 0.207. The number of methoxy groups -OCH3 is 1. The van der Waals surface area contributed by atoms with Gasteiger partial charge in [0, 0.05) is 54.6 Å². The van der Waals surface area contributed by atoms with Crippen molar-refractivity contribution in [3.63, 3.8) is 0 Å². The quantitative estimate of drug-likeness (QED) is 0.438. The van der Waals surface area contributed by atoms with Gasteiger partial charge in [-0.2, -0.15) is 5.26 Å².